The Morgan fingerprint density at radius 2 is 1.64 bits per heavy atom. The smallest absolute Gasteiger partial charge is 0.305 e. The molecule has 0 aliphatic carbocycles. The second-order valence-electron chi connectivity index (χ2n) is 6.95. The Morgan fingerprint density at radius 1 is 0.929 bits per heavy atom. The average molecular weight is 409 g/mol. The van der Waals surface area contributed by atoms with E-state index in [9.17, 15) is 14.4 Å². The van der Waals surface area contributed by atoms with Crippen molar-refractivity contribution in [1.82, 2.24) is 4.98 Å². The Hall–Kier alpha value is -2.64. The summed E-state index contributed by atoms with van der Waals surface area (Å²) >= 11 is 2.44. The fourth-order valence-electron chi connectivity index (χ4n) is 4.12. The summed E-state index contributed by atoms with van der Waals surface area (Å²) in [6, 6.07) is 16.9. The number of para-hydroxylation sites is 1. The molecule has 0 spiro atoms. The molecule has 5 nitrogen and oxygen atoms in total. The predicted molar refractivity (Wildman–Crippen MR) is 110 cm³/mol. The maximum absolute atomic E-state index is 13.5. The zero-order chi connectivity index (χ0) is 19.4. The summed E-state index contributed by atoms with van der Waals surface area (Å²) in [5.41, 5.74) is 2.63. The number of aryl methyl sites for hydroxylation is 1. The van der Waals surface area contributed by atoms with Gasteiger partial charge in [-0.25, -0.2) is 4.90 Å². The Balaban J connectivity index is 1.69. The third kappa shape index (κ3) is 2.50. The van der Waals surface area contributed by atoms with E-state index in [1.54, 1.807) is 12.1 Å². The number of thiazole rings is 1. The van der Waals surface area contributed by atoms with Crippen molar-refractivity contribution >= 4 is 40.6 Å². The van der Waals surface area contributed by atoms with Crippen LogP contribution in [0.4, 0.5) is 5.69 Å². The number of hydrogen-bond donors (Lipinski definition) is 1. The third-order valence-corrected chi connectivity index (χ3v) is 7.76. The molecule has 1 saturated heterocycles. The Bertz CT molecular complexity index is 1150. The zero-order valence-electron chi connectivity index (χ0n) is 14.9. The van der Waals surface area contributed by atoms with Crippen molar-refractivity contribution in [1.29, 1.82) is 0 Å². The highest BCUT2D eigenvalue weighted by Gasteiger charge is 2.56. The summed E-state index contributed by atoms with van der Waals surface area (Å²) in [5, 5.41) is 0.163. The van der Waals surface area contributed by atoms with Crippen molar-refractivity contribution in [3.8, 4) is 0 Å². The van der Waals surface area contributed by atoms with Gasteiger partial charge in [0, 0.05) is 10.8 Å². The number of carbonyl (C=O) groups excluding carboxylic acids is 2. The molecule has 0 radical (unpaired) electrons. The van der Waals surface area contributed by atoms with Gasteiger partial charge in [0.1, 0.15) is 5.25 Å². The van der Waals surface area contributed by atoms with E-state index in [4.69, 9.17) is 0 Å². The Labute approximate surface area is 169 Å². The standard InChI is InChI=1S/C21H16N2O3S2/c1-11-7-5-6-10-13(11)14-15-17(27-18-16(14)28-21(26)22-18)20(25)23(19(15)24)12-8-3-2-4-9-12/h2-10,14-15,17H,1H3,(H,22,26)/t14-,15?,17?/m1/s1. The minimum atomic E-state index is -0.546. The number of imide groups is 1. The number of rotatable bonds is 2. The van der Waals surface area contributed by atoms with Crippen molar-refractivity contribution in [2.45, 2.75) is 23.1 Å². The molecule has 3 atom stereocenters. The van der Waals surface area contributed by atoms with Crippen LogP contribution in [0.25, 0.3) is 0 Å². The molecule has 140 valence electrons. The number of nitrogens with one attached hydrogen (secondary N) is 1. The van der Waals surface area contributed by atoms with Gasteiger partial charge < -0.3 is 4.98 Å². The molecule has 5 rings (SSSR count). The molecule has 2 aliphatic heterocycles. The normalized spacial score (nSPS) is 23.6. The lowest BCUT2D eigenvalue weighted by atomic mass is 9.81. The number of hydrogen-bond acceptors (Lipinski definition) is 5. The first kappa shape index (κ1) is 17.5. The van der Waals surface area contributed by atoms with E-state index in [1.807, 2.05) is 49.4 Å². The maximum atomic E-state index is 13.5. The summed E-state index contributed by atoms with van der Waals surface area (Å²) in [4.78, 5) is 43.6. The number of thioether (sulfide) groups is 1. The molecule has 2 aliphatic rings. The van der Waals surface area contributed by atoms with Gasteiger partial charge in [-0.05, 0) is 30.2 Å². The van der Waals surface area contributed by atoms with Gasteiger partial charge in [-0.1, -0.05) is 65.6 Å². The molecule has 0 bridgehead atoms. The fraction of sp³-hybridized carbons (Fsp3) is 0.190. The van der Waals surface area contributed by atoms with Gasteiger partial charge in [0.15, 0.2) is 0 Å². The third-order valence-electron chi connectivity index (χ3n) is 5.36. The van der Waals surface area contributed by atoms with Crippen molar-refractivity contribution in [2.24, 2.45) is 5.92 Å². The van der Waals surface area contributed by atoms with Crippen LogP contribution in [-0.2, 0) is 9.59 Å². The van der Waals surface area contributed by atoms with Crippen LogP contribution < -0.4 is 9.77 Å². The van der Waals surface area contributed by atoms with Crippen LogP contribution in [0.3, 0.4) is 0 Å². The first-order valence-corrected chi connectivity index (χ1v) is 10.6. The molecular formula is C21H16N2O3S2. The van der Waals surface area contributed by atoms with Crippen LogP contribution >= 0.6 is 23.1 Å². The summed E-state index contributed by atoms with van der Waals surface area (Å²) in [5.74, 6) is -1.26. The quantitative estimate of drug-likeness (QED) is 0.659. The van der Waals surface area contributed by atoms with Gasteiger partial charge in [0.25, 0.3) is 0 Å². The first-order chi connectivity index (χ1) is 13.6. The number of nitrogens with zero attached hydrogens (tertiary/aromatic N) is 1. The van der Waals surface area contributed by atoms with Crippen molar-refractivity contribution < 1.29 is 9.59 Å². The Kier molecular flexibility index (Phi) is 4.03. The number of anilines is 1. The van der Waals surface area contributed by atoms with E-state index in [1.165, 1.54) is 16.7 Å². The number of carbonyl (C=O) groups is 2. The number of benzene rings is 2. The van der Waals surface area contributed by atoms with Crippen LogP contribution in [0.1, 0.15) is 21.9 Å². The van der Waals surface area contributed by atoms with Gasteiger partial charge in [0.2, 0.25) is 11.8 Å². The summed E-state index contributed by atoms with van der Waals surface area (Å²) in [6.45, 7) is 2.00. The minimum absolute atomic E-state index is 0.157. The predicted octanol–water partition coefficient (Wildman–Crippen LogP) is 3.54. The van der Waals surface area contributed by atoms with Gasteiger partial charge in [-0.3, -0.25) is 14.4 Å². The molecule has 0 saturated carbocycles. The molecule has 3 aromatic rings. The molecule has 2 amide bonds. The molecule has 1 aromatic heterocycles. The maximum Gasteiger partial charge on any atom is 0.305 e. The molecule has 7 heteroatoms. The lowest BCUT2D eigenvalue weighted by Crippen LogP contribution is -2.32. The summed E-state index contributed by atoms with van der Waals surface area (Å²) < 4.78 is 0. The van der Waals surface area contributed by atoms with Crippen molar-refractivity contribution in [3.63, 3.8) is 0 Å². The van der Waals surface area contributed by atoms with E-state index >= 15 is 0 Å². The zero-order valence-corrected chi connectivity index (χ0v) is 16.5. The number of amides is 2. The first-order valence-electron chi connectivity index (χ1n) is 8.94. The molecule has 2 aromatic carbocycles. The van der Waals surface area contributed by atoms with E-state index in [2.05, 4.69) is 4.98 Å². The molecular weight excluding hydrogens is 392 g/mol. The summed E-state index contributed by atoms with van der Waals surface area (Å²) in [7, 11) is 0. The average Bonchev–Trinajstić information content (AvgIpc) is 3.18. The minimum Gasteiger partial charge on any atom is -0.307 e. The molecule has 3 heterocycles. The molecule has 1 fully saturated rings. The number of H-pyrrole nitrogens is 1. The van der Waals surface area contributed by atoms with Crippen LogP contribution in [0.2, 0.25) is 0 Å². The molecule has 2 unspecified atom stereocenters. The monoisotopic (exact) mass is 408 g/mol. The van der Waals surface area contributed by atoms with E-state index in [0.29, 0.717) is 10.7 Å². The van der Waals surface area contributed by atoms with Crippen LogP contribution in [-0.4, -0.2) is 22.0 Å². The van der Waals surface area contributed by atoms with Gasteiger partial charge in [0.05, 0.1) is 16.6 Å². The lowest BCUT2D eigenvalue weighted by molar-refractivity contribution is -0.122. The molecule has 28 heavy (non-hydrogen) atoms. The highest BCUT2D eigenvalue weighted by molar-refractivity contribution is 8.00. The molecule has 1 N–H and O–H groups in total. The SMILES string of the molecule is Cc1ccccc1[C@H]1c2sc(=O)[nH]c2SC2C(=O)N(c3ccccc3)C(=O)C21. The number of aromatic nitrogens is 1. The van der Waals surface area contributed by atoms with Crippen LogP contribution in [0, 0.1) is 12.8 Å². The second-order valence-corrected chi connectivity index (χ2v) is 9.12. The Morgan fingerprint density at radius 3 is 2.39 bits per heavy atom. The van der Waals surface area contributed by atoms with E-state index in [-0.39, 0.29) is 22.6 Å². The van der Waals surface area contributed by atoms with Crippen LogP contribution in [0.15, 0.2) is 64.4 Å². The van der Waals surface area contributed by atoms with Gasteiger partial charge in [-0.15, -0.1) is 0 Å². The van der Waals surface area contributed by atoms with E-state index < -0.39 is 11.2 Å². The van der Waals surface area contributed by atoms with Gasteiger partial charge in [-0.2, -0.15) is 0 Å². The van der Waals surface area contributed by atoms with Crippen molar-refractivity contribution in [2.75, 3.05) is 4.90 Å². The highest BCUT2D eigenvalue weighted by atomic mass is 32.2. The largest absolute Gasteiger partial charge is 0.307 e. The number of aromatic amines is 1. The second kappa shape index (κ2) is 6.46. The van der Waals surface area contributed by atoms with Crippen LogP contribution in [0.5, 0.6) is 0 Å². The lowest BCUT2D eigenvalue weighted by Gasteiger charge is -2.30. The summed E-state index contributed by atoms with van der Waals surface area (Å²) in [6.07, 6.45) is 0. The van der Waals surface area contributed by atoms with E-state index in [0.717, 1.165) is 27.3 Å². The van der Waals surface area contributed by atoms with Gasteiger partial charge >= 0.3 is 4.87 Å². The van der Waals surface area contributed by atoms with Crippen molar-refractivity contribution in [3.05, 3.63) is 80.3 Å². The fourth-order valence-corrected chi connectivity index (χ4v) is 6.63. The number of fused-ring (bicyclic) bond motifs is 2. The topological polar surface area (TPSA) is 70.2 Å². The highest BCUT2D eigenvalue weighted by Crippen LogP contribution is 2.53.